The molecule has 0 unspecified atom stereocenters. The predicted octanol–water partition coefficient (Wildman–Crippen LogP) is 3.53. The van der Waals surface area contributed by atoms with E-state index in [4.69, 9.17) is 9.84 Å². The van der Waals surface area contributed by atoms with Gasteiger partial charge in [-0.3, -0.25) is 0 Å². The number of hydrogen-bond donors (Lipinski definition) is 1. The molecule has 22 heavy (non-hydrogen) atoms. The van der Waals surface area contributed by atoms with E-state index < -0.39 is 46.7 Å². The van der Waals surface area contributed by atoms with Crippen LogP contribution in [0.5, 0.6) is 5.75 Å². The highest BCUT2D eigenvalue weighted by molar-refractivity contribution is 6.08. The Kier molecular flexibility index (Phi) is 4.90. The van der Waals surface area contributed by atoms with Gasteiger partial charge in [0.15, 0.2) is 17.4 Å². The van der Waals surface area contributed by atoms with Crippen LogP contribution in [0.4, 0.5) is 28.4 Å². The Morgan fingerprint density at radius 1 is 1.18 bits per heavy atom. The van der Waals surface area contributed by atoms with Crippen LogP contribution < -0.4 is 9.64 Å². The van der Waals surface area contributed by atoms with E-state index in [9.17, 15) is 22.8 Å². The minimum absolute atomic E-state index is 0.349. The van der Waals surface area contributed by atoms with E-state index in [0.717, 1.165) is 7.11 Å². The summed E-state index contributed by atoms with van der Waals surface area (Å²) in [5, 5.41) is 9.00. The molecule has 0 spiro atoms. The molecular formula is C13H14F3NO5. The first-order valence-electron chi connectivity index (χ1n) is 5.97. The Morgan fingerprint density at radius 2 is 1.73 bits per heavy atom. The van der Waals surface area contributed by atoms with Gasteiger partial charge in [-0.1, -0.05) is 0 Å². The summed E-state index contributed by atoms with van der Waals surface area (Å²) in [7, 11) is 0.972. The minimum Gasteiger partial charge on any atom is -0.493 e. The summed E-state index contributed by atoms with van der Waals surface area (Å²) < 4.78 is 50.6. The molecule has 0 atom stereocenters. The van der Waals surface area contributed by atoms with Crippen LogP contribution in [0.25, 0.3) is 0 Å². The lowest BCUT2D eigenvalue weighted by Gasteiger charge is -2.25. The maximum Gasteiger partial charge on any atom is 0.424 e. The molecule has 0 aliphatic heterocycles. The Bertz CT molecular complexity index is 613. The molecule has 0 aliphatic rings. The number of nitrogens with zero attached hydrogens (tertiary/aromatic N) is 1. The molecular weight excluding hydrogens is 307 g/mol. The Balaban J connectivity index is 3.44. The topological polar surface area (TPSA) is 76.1 Å². The van der Waals surface area contributed by atoms with Gasteiger partial charge in [0.1, 0.15) is 11.3 Å². The van der Waals surface area contributed by atoms with Crippen molar-refractivity contribution in [2.45, 2.75) is 26.4 Å². The van der Waals surface area contributed by atoms with Crippen LogP contribution in [0.2, 0.25) is 0 Å². The van der Waals surface area contributed by atoms with Crippen LogP contribution in [0.3, 0.4) is 0 Å². The molecule has 122 valence electrons. The summed E-state index contributed by atoms with van der Waals surface area (Å²) in [5.41, 5.74) is -2.53. The molecule has 0 heterocycles. The van der Waals surface area contributed by atoms with E-state index in [0.29, 0.717) is 6.07 Å². The van der Waals surface area contributed by atoms with Gasteiger partial charge < -0.3 is 14.6 Å². The van der Waals surface area contributed by atoms with E-state index in [1.807, 2.05) is 0 Å². The zero-order valence-electron chi connectivity index (χ0n) is 12.2. The zero-order chi connectivity index (χ0) is 17.2. The molecule has 0 radical (unpaired) electrons. The van der Waals surface area contributed by atoms with Gasteiger partial charge in [0, 0.05) is 6.07 Å². The number of ether oxygens (including phenoxy) is 2. The molecule has 0 saturated heterocycles. The molecule has 0 aliphatic carbocycles. The van der Waals surface area contributed by atoms with Crippen LogP contribution in [0.1, 0.15) is 20.8 Å². The van der Waals surface area contributed by atoms with E-state index >= 15 is 0 Å². The number of carboxylic acid groups (broad SMARTS) is 1. The largest absolute Gasteiger partial charge is 0.493 e. The lowest BCUT2D eigenvalue weighted by Crippen LogP contribution is -2.41. The normalized spacial score (nSPS) is 11.0. The predicted molar refractivity (Wildman–Crippen MR) is 69.6 cm³/mol. The summed E-state index contributed by atoms with van der Waals surface area (Å²) in [6.07, 6.45) is -3.60. The third-order valence-corrected chi connectivity index (χ3v) is 2.31. The Hall–Kier alpha value is -2.45. The second kappa shape index (κ2) is 6.12. The van der Waals surface area contributed by atoms with Crippen molar-refractivity contribution in [1.82, 2.24) is 0 Å². The second-order valence-electron chi connectivity index (χ2n) is 5.14. The van der Waals surface area contributed by atoms with Gasteiger partial charge in [0.2, 0.25) is 5.82 Å². The van der Waals surface area contributed by atoms with Crippen molar-refractivity contribution < 1.29 is 37.3 Å². The van der Waals surface area contributed by atoms with E-state index in [1.54, 1.807) is 0 Å². The lowest BCUT2D eigenvalue weighted by molar-refractivity contribution is 0.0579. The quantitative estimate of drug-likeness (QED) is 0.843. The Labute approximate surface area is 124 Å². The van der Waals surface area contributed by atoms with Crippen LogP contribution in [0.15, 0.2) is 6.07 Å². The van der Waals surface area contributed by atoms with Gasteiger partial charge in [-0.25, -0.2) is 18.4 Å². The van der Waals surface area contributed by atoms with Gasteiger partial charge in [0.25, 0.3) is 0 Å². The minimum atomic E-state index is -2.03. The van der Waals surface area contributed by atoms with Crippen molar-refractivity contribution in [2.24, 2.45) is 0 Å². The maximum absolute atomic E-state index is 13.9. The molecule has 9 heteroatoms. The first-order chi connectivity index (χ1) is 9.99. The highest BCUT2D eigenvalue weighted by atomic mass is 19.2. The van der Waals surface area contributed by atoms with Crippen molar-refractivity contribution in [3.05, 3.63) is 23.5 Å². The molecule has 0 fully saturated rings. The van der Waals surface area contributed by atoms with Crippen molar-refractivity contribution in [2.75, 3.05) is 12.0 Å². The number of methoxy groups -OCH3 is 1. The molecule has 1 rings (SSSR count). The number of carbonyl (C=O) groups is 2. The third kappa shape index (κ3) is 3.60. The summed E-state index contributed by atoms with van der Waals surface area (Å²) in [4.78, 5) is 22.6. The van der Waals surface area contributed by atoms with E-state index in [1.165, 1.54) is 20.8 Å². The van der Waals surface area contributed by atoms with Gasteiger partial charge in [-0.2, -0.15) is 9.29 Å². The highest BCUT2D eigenvalue weighted by Gasteiger charge is 2.35. The molecule has 1 aromatic carbocycles. The van der Waals surface area contributed by atoms with Gasteiger partial charge in [0.05, 0.1) is 7.11 Å². The summed E-state index contributed by atoms with van der Waals surface area (Å²) >= 11 is 0. The second-order valence-corrected chi connectivity index (χ2v) is 5.14. The fraction of sp³-hybridized carbons (Fsp3) is 0.385. The number of hydrogen-bond acceptors (Lipinski definition) is 4. The number of rotatable bonds is 2. The first-order valence-corrected chi connectivity index (χ1v) is 5.97. The SMILES string of the molecule is COc1cc(F)c(N(C(=O)O)C(=O)OC(C)(C)C)c(F)c1F. The van der Waals surface area contributed by atoms with Gasteiger partial charge >= 0.3 is 12.2 Å². The molecule has 1 aromatic rings. The number of halogens is 3. The number of imide groups is 1. The van der Waals surface area contributed by atoms with Crippen molar-refractivity contribution in [3.63, 3.8) is 0 Å². The highest BCUT2D eigenvalue weighted by Crippen LogP contribution is 2.32. The van der Waals surface area contributed by atoms with E-state index in [-0.39, 0.29) is 4.90 Å². The number of benzene rings is 1. The zero-order valence-corrected chi connectivity index (χ0v) is 12.2. The fourth-order valence-corrected chi connectivity index (χ4v) is 1.49. The van der Waals surface area contributed by atoms with Crippen molar-refractivity contribution in [1.29, 1.82) is 0 Å². The van der Waals surface area contributed by atoms with Gasteiger partial charge in [-0.05, 0) is 20.8 Å². The number of amides is 2. The monoisotopic (exact) mass is 321 g/mol. The van der Waals surface area contributed by atoms with E-state index in [2.05, 4.69) is 4.74 Å². The molecule has 6 nitrogen and oxygen atoms in total. The summed E-state index contributed by atoms with van der Waals surface area (Å²) in [5.74, 6) is -5.78. The third-order valence-electron chi connectivity index (χ3n) is 2.31. The molecule has 0 bridgehead atoms. The smallest absolute Gasteiger partial charge is 0.424 e. The Morgan fingerprint density at radius 3 is 2.14 bits per heavy atom. The average molecular weight is 321 g/mol. The van der Waals surface area contributed by atoms with Crippen molar-refractivity contribution >= 4 is 17.9 Å². The van der Waals surface area contributed by atoms with Crippen LogP contribution in [0, 0.1) is 17.5 Å². The fourth-order valence-electron chi connectivity index (χ4n) is 1.49. The standard InChI is InChI=1S/C13H14F3NO5/c1-13(2,3)22-12(20)17(11(18)19)10-6(14)5-7(21-4)8(15)9(10)16/h5H,1-4H3,(H,18,19). The summed E-state index contributed by atoms with van der Waals surface area (Å²) in [6.45, 7) is 4.27. The first kappa shape index (κ1) is 17.6. The van der Waals surface area contributed by atoms with Gasteiger partial charge in [-0.15, -0.1) is 0 Å². The van der Waals surface area contributed by atoms with Crippen molar-refractivity contribution in [3.8, 4) is 5.75 Å². The molecule has 0 aromatic heterocycles. The van der Waals surface area contributed by atoms with Crippen LogP contribution >= 0.6 is 0 Å². The number of carbonyl (C=O) groups excluding carboxylic acids is 1. The molecule has 0 saturated carbocycles. The molecule has 2 amide bonds. The van der Waals surface area contributed by atoms with Crippen LogP contribution in [-0.4, -0.2) is 30.0 Å². The number of anilines is 1. The lowest BCUT2D eigenvalue weighted by atomic mass is 10.2. The average Bonchev–Trinajstić information content (AvgIpc) is 2.35. The maximum atomic E-state index is 13.9. The summed E-state index contributed by atoms with van der Waals surface area (Å²) in [6, 6.07) is 0.425. The molecule has 1 N–H and O–H groups in total. The van der Waals surface area contributed by atoms with Crippen LogP contribution in [-0.2, 0) is 4.74 Å².